The van der Waals surface area contributed by atoms with E-state index >= 15 is 0 Å². The van der Waals surface area contributed by atoms with Gasteiger partial charge in [-0.1, -0.05) is 0 Å². The van der Waals surface area contributed by atoms with Crippen LogP contribution in [0.5, 0.6) is 0 Å². The number of rotatable bonds is 2. The molecule has 134 valence electrons. The number of aromatic carboxylic acids is 1. The van der Waals surface area contributed by atoms with Crippen molar-refractivity contribution in [3.05, 3.63) is 75.1 Å². The summed E-state index contributed by atoms with van der Waals surface area (Å²) in [7, 11) is 0. The first-order valence-corrected chi connectivity index (χ1v) is 6.73. The van der Waals surface area contributed by atoms with Crippen LogP contribution in [0.2, 0.25) is 0 Å². The lowest BCUT2D eigenvalue weighted by atomic mass is 10.1. The van der Waals surface area contributed by atoms with Crippen LogP contribution in [-0.4, -0.2) is 10.5 Å². The Kier molecular flexibility index (Phi) is 3.98. The molecule has 3 rings (SSSR count). The minimum absolute atomic E-state index is 0.380. The first-order valence-electron chi connectivity index (χ1n) is 6.73. The summed E-state index contributed by atoms with van der Waals surface area (Å²) in [5, 5.41) is 9.65. The normalized spacial score (nSPS) is 11.2. The fourth-order valence-electron chi connectivity index (χ4n) is 2.42. The molecule has 0 spiro atoms. The lowest BCUT2D eigenvalue weighted by molar-refractivity contribution is -0.255. The number of hydrogen-bond acceptors (Lipinski definition) is 3. The summed E-state index contributed by atoms with van der Waals surface area (Å²) < 4.78 is 82.2. The third-order valence-corrected chi connectivity index (χ3v) is 3.61. The van der Waals surface area contributed by atoms with Gasteiger partial charge in [-0.05, 0) is 12.1 Å². The zero-order valence-corrected chi connectivity index (χ0v) is 12.2. The molecule has 1 aromatic heterocycles. The molecule has 0 aliphatic rings. The summed E-state index contributed by atoms with van der Waals surface area (Å²) in [5.41, 5.74) is -4.58. The maximum atomic E-state index is 14.2. The van der Waals surface area contributed by atoms with Gasteiger partial charge in [0.05, 0.1) is 22.4 Å². The Hall–Kier alpha value is -3.30. The van der Waals surface area contributed by atoms with Crippen molar-refractivity contribution in [3.8, 4) is 5.69 Å². The number of carboxylic acid groups (broad SMARTS) is 1. The number of pyridine rings is 1. The third-order valence-electron chi connectivity index (χ3n) is 3.61. The molecule has 3 aromatic rings. The van der Waals surface area contributed by atoms with Gasteiger partial charge in [0, 0.05) is 18.0 Å². The molecule has 0 fully saturated rings. The standard InChI is InChI=1S/C16H5F6NO3/c17-7-2-1-5(3-8(7)18)23-4-6(16(25)26)15(24)9-10(19)11(20)12(21)13(22)14(9)23/h1-4H,(H,25,26)/p-1. The van der Waals surface area contributed by atoms with Crippen molar-refractivity contribution >= 4 is 16.9 Å². The van der Waals surface area contributed by atoms with E-state index in [1.807, 2.05) is 0 Å². The van der Waals surface area contributed by atoms with Crippen LogP contribution in [0, 0.1) is 34.9 Å². The summed E-state index contributed by atoms with van der Waals surface area (Å²) in [4.78, 5) is 23.1. The number of carbonyl (C=O) groups is 1. The predicted octanol–water partition coefficient (Wildman–Crippen LogP) is 2.19. The highest BCUT2D eigenvalue weighted by Crippen LogP contribution is 2.27. The van der Waals surface area contributed by atoms with Gasteiger partial charge in [0.1, 0.15) is 0 Å². The average Bonchev–Trinajstić information content (AvgIpc) is 2.59. The van der Waals surface area contributed by atoms with Crippen LogP contribution in [-0.2, 0) is 0 Å². The Morgan fingerprint density at radius 2 is 1.50 bits per heavy atom. The van der Waals surface area contributed by atoms with Crippen molar-refractivity contribution in [2.24, 2.45) is 0 Å². The average molecular weight is 372 g/mol. The summed E-state index contributed by atoms with van der Waals surface area (Å²) in [6.07, 6.45) is 0.409. The fourth-order valence-corrected chi connectivity index (χ4v) is 2.42. The zero-order valence-electron chi connectivity index (χ0n) is 12.2. The van der Waals surface area contributed by atoms with Gasteiger partial charge in [0.2, 0.25) is 5.43 Å². The summed E-state index contributed by atoms with van der Waals surface area (Å²) in [5.74, 6) is -13.7. The van der Waals surface area contributed by atoms with Crippen molar-refractivity contribution in [3.63, 3.8) is 0 Å². The molecule has 0 radical (unpaired) electrons. The van der Waals surface area contributed by atoms with Crippen LogP contribution in [0.1, 0.15) is 10.4 Å². The number of carboxylic acids is 1. The Labute approximate surface area is 139 Å². The molecule has 4 nitrogen and oxygen atoms in total. The SMILES string of the molecule is O=C([O-])c1cn(-c2ccc(F)c(F)c2)c2c(F)c(F)c(F)c(F)c2c1=O. The van der Waals surface area contributed by atoms with E-state index in [0.717, 1.165) is 6.07 Å². The number of fused-ring (bicyclic) bond motifs is 1. The Morgan fingerprint density at radius 3 is 2.08 bits per heavy atom. The van der Waals surface area contributed by atoms with Gasteiger partial charge in [0.15, 0.2) is 34.9 Å². The van der Waals surface area contributed by atoms with Crippen molar-refractivity contribution in [2.45, 2.75) is 0 Å². The molecule has 0 aliphatic heterocycles. The maximum absolute atomic E-state index is 14.2. The monoisotopic (exact) mass is 372 g/mol. The minimum atomic E-state index is -2.33. The van der Waals surface area contributed by atoms with Crippen LogP contribution in [0.4, 0.5) is 26.3 Å². The maximum Gasteiger partial charge on any atom is 0.201 e. The Bertz CT molecular complexity index is 1160. The second-order valence-electron chi connectivity index (χ2n) is 5.11. The Balaban J connectivity index is 2.61. The van der Waals surface area contributed by atoms with Gasteiger partial charge in [-0.15, -0.1) is 0 Å². The molecule has 2 aromatic carbocycles. The van der Waals surface area contributed by atoms with Crippen molar-refractivity contribution in [1.82, 2.24) is 4.57 Å². The molecule has 0 saturated heterocycles. The van der Waals surface area contributed by atoms with Crippen LogP contribution >= 0.6 is 0 Å². The molecule has 0 atom stereocenters. The molecule has 0 unspecified atom stereocenters. The molecular weight excluding hydrogens is 368 g/mol. The molecule has 1 heterocycles. The molecule has 10 heteroatoms. The smallest absolute Gasteiger partial charge is 0.201 e. The second-order valence-corrected chi connectivity index (χ2v) is 5.11. The van der Waals surface area contributed by atoms with E-state index in [2.05, 4.69) is 0 Å². The lowest BCUT2D eigenvalue weighted by Gasteiger charge is -2.16. The van der Waals surface area contributed by atoms with Gasteiger partial charge in [-0.2, -0.15) is 0 Å². The van der Waals surface area contributed by atoms with Crippen molar-refractivity contribution < 1.29 is 36.2 Å². The quantitative estimate of drug-likeness (QED) is 0.394. The molecular formula is C16H4F6NO3-. The highest BCUT2D eigenvalue weighted by molar-refractivity contribution is 5.92. The van der Waals surface area contributed by atoms with Gasteiger partial charge in [-0.25, -0.2) is 26.3 Å². The second kappa shape index (κ2) is 5.90. The predicted molar refractivity (Wildman–Crippen MR) is 73.6 cm³/mol. The van der Waals surface area contributed by atoms with E-state index in [1.54, 1.807) is 0 Å². The number of aromatic nitrogens is 1. The lowest BCUT2D eigenvalue weighted by Crippen LogP contribution is -2.31. The number of benzene rings is 2. The van der Waals surface area contributed by atoms with E-state index in [0.29, 0.717) is 22.9 Å². The third kappa shape index (κ3) is 2.41. The Morgan fingerprint density at radius 1 is 0.885 bits per heavy atom. The molecule has 0 amide bonds. The number of halogens is 6. The van der Waals surface area contributed by atoms with E-state index in [-0.39, 0.29) is 0 Å². The number of hydrogen-bond donors (Lipinski definition) is 0. The van der Waals surface area contributed by atoms with Crippen LogP contribution in [0.15, 0.2) is 29.2 Å². The topological polar surface area (TPSA) is 62.1 Å². The van der Waals surface area contributed by atoms with Crippen LogP contribution in [0.3, 0.4) is 0 Å². The van der Waals surface area contributed by atoms with Gasteiger partial charge >= 0.3 is 0 Å². The van der Waals surface area contributed by atoms with Crippen molar-refractivity contribution in [1.29, 1.82) is 0 Å². The van der Waals surface area contributed by atoms with Crippen LogP contribution < -0.4 is 10.5 Å². The highest BCUT2D eigenvalue weighted by atomic mass is 19.2. The molecule has 0 aliphatic carbocycles. The molecule has 0 N–H and O–H groups in total. The van der Waals surface area contributed by atoms with Gasteiger partial charge in [0.25, 0.3) is 0 Å². The van der Waals surface area contributed by atoms with Crippen molar-refractivity contribution in [2.75, 3.05) is 0 Å². The zero-order chi connectivity index (χ0) is 19.3. The van der Waals surface area contributed by atoms with E-state index in [4.69, 9.17) is 0 Å². The molecule has 0 saturated carbocycles. The first kappa shape index (κ1) is 17.5. The minimum Gasteiger partial charge on any atom is -0.545 e. The number of carbonyl (C=O) groups excluding carboxylic acids is 1. The fraction of sp³-hybridized carbons (Fsp3) is 0. The van der Waals surface area contributed by atoms with E-state index in [1.165, 1.54) is 0 Å². The molecule has 26 heavy (non-hydrogen) atoms. The summed E-state index contributed by atoms with van der Waals surface area (Å²) in [6, 6.07) is 1.85. The largest absolute Gasteiger partial charge is 0.545 e. The highest BCUT2D eigenvalue weighted by Gasteiger charge is 2.26. The summed E-state index contributed by atoms with van der Waals surface area (Å²) in [6.45, 7) is 0. The van der Waals surface area contributed by atoms with E-state index < -0.39 is 68.5 Å². The van der Waals surface area contributed by atoms with Gasteiger partial charge < -0.3 is 14.5 Å². The van der Waals surface area contributed by atoms with Gasteiger partial charge in [-0.3, -0.25) is 4.79 Å². The molecule has 0 bridgehead atoms. The summed E-state index contributed by atoms with van der Waals surface area (Å²) >= 11 is 0. The first-order chi connectivity index (χ1) is 12.1. The number of nitrogens with zero attached hydrogens (tertiary/aromatic N) is 1. The van der Waals surface area contributed by atoms with E-state index in [9.17, 15) is 41.0 Å². The van der Waals surface area contributed by atoms with Crippen LogP contribution in [0.25, 0.3) is 16.6 Å².